The second kappa shape index (κ2) is 7.64. The second-order valence-corrected chi connectivity index (χ2v) is 6.25. The zero-order chi connectivity index (χ0) is 20.4. The standard InChI is InChI=1S/C21H21NO6/c1-22-18(12-5-8-14(26-2)9-6-12)17(20(24)21(22)25)19(23)13-7-10-15(27-3)16(11-13)28-4/h5-11,18,23H,1-4H3/t18-/m0/s1. The SMILES string of the molecule is COc1ccc([C@H]2C(=C(O)c3ccc(OC)c(OC)c3)C(=O)C(=O)N2C)cc1. The Balaban J connectivity index is 2.14. The van der Waals surface area contributed by atoms with Gasteiger partial charge in [-0.25, -0.2) is 0 Å². The molecule has 1 amide bonds. The van der Waals surface area contributed by atoms with Gasteiger partial charge in [-0.2, -0.15) is 0 Å². The number of hydrogen-bond acceptors (Lipinski definition) is 6. The molecule has 7 heteroatoms. The summed E-state index contributed by atoms with van der Waals surface area (Å²) < 4.78 is 15.6. The van der Waals surface area contributed by atoms with E-state index in [4.69, 9.17) is 14.2 Å². The molecule has 1 heterocycles. The van der Waals surface area contributed by atoms with Gasteiger partial charge in [0.2, 0.25) is 0 Å². The van der Waals surface area contributed by atoms with Crippen molar-refractivity contribution in [2.24, 2.45) is 0 Å². The molecule has 1 aliphatic heterocycles. The second-order valence-electron chi connectivity index (χ2n) is 6.25. The van der Waals surface area contributed by atoms with Crippen LogP contribution in [0.1, 0.15) is 17.2 Å². The Hall–Kier alpha value is -3.48. The summed E-state index contributed by atoms with van der Waals surface area (Å²) in [5.41, 5.74) is 1.05. The molecule has 3 rings (SSSR count). The molecule has 1 N–H and O–H groups in total. The molecule has 1 aliphatic rings. The lowest BCUT2D eigenvalue weighted by Gasteiger charge is -2.21. The number of likely N-dealkylation sites (tertiary alicyclic amines) is 1. The Morgan fingerprint density at radius 3 is 2.14 bits per heavy atom. The third-order valence-electron chi connectivity index (χ3n) is 4.76. The highest BCUT2D eigenvalue weighted by Gasteiger charge is 2.44. The van der Waals surface area contributed by atoms with Crippen molar-refractivity contribution in [2.75, 3.05) is 28.4 Å². The van der Waals surface area contributed by atoms with Crippen LogP contribution in [0, 0.1) is 0 Å². The molecule has 2 aromatic carbocycles. The molecule has 1 atom stereocenters. The Kier molecular flexibility index (Phi) is 5.26. The zero-order valence-corrected chi connectivity index (χ0v) is 16.1. The molecule has 0 unspecified atom stereocenters. The summed E-state index contributed by atoms with van der Waals surface area (Å²) >= 11 is 0. The van der Waals surface area contributed by atoms with Crippen LogP contribution < -0.4 is 14.2 Å². The van der Waals surface area contributed by atoms with E-state index in [2.05, 4.69) is 0 Å². The first-order chi connectivity index (χ1) is 13.4. The molecule has 2 aromatic rings. The summed E-state index contributed by atoms with van der Waals surface area (Å²) in [7, 11) is 6.07. The Morgan fingerprint density at radius 2 is 1.57 bits per heavy atom. The fraction of sp³-hybridized carbons (Fsp3) is 0.238. The molecular weight excluding hydrogens is 362 g/mol. The Morgan fingerprint density at radius 1 is 0.929 bits per heavy atom. The monoisotopic (exact) mass is 383 g/mol. The number of Topliss-reactive ketones (excluding diaryl/α,β-unsaturated/α-hetero) is 1. The number of benzene rings is 2. The maximum Gasteiger partial charge on any atom is 0.295 e. The van der Waals surface area contributed by atoms with E-state index in [1.54, 1.807) is 49.6 Å². The molecule has 0 spiro atoms. The molecule has 0 aromatic heterocycles. The minimum Gasteiger partial charge on any atom is -0.507 e. The van der Waals surface area contributed by atoms with Crippen LogP contribution in [0.3, 0.4) is 0 Å². The van der Waals surface area contributed by atoms with E-state index >= 15 is 0 Å². The molecule has 0 radical (unpaired) electrons. The lowest BCUT2D eigenvalue weighted by molar-refractivity contribution is -0.139. The molecule has 146 valence electrons. The van der Waals surface area contributed by atoms with Gasteiger partial charge < -0.3 is 24.2 Å². The first kappa shape index (κ1) is 19.3. The first-order valence-corrected chi connectivity index (χ1v) is 8.53. The van der Waals surface area contributed by atoms with Crippen molar-refractivity contribution in [3.8, 4) is 17.2 Å². The van der Waals surface area contributed by atoms with E-state index in [1.165, 1.54) is 26.2 Å². The highest BCUT2D eigenvalue weighted by molar-refractivity contribution is 6.46. The zero-order valence-electron chi connectivity index (χ0n) is 16.1. The van der Waals surface area contributed by atoms with Crippen LogP contribution in [0.4, 0.5) is 0 Å². The summed E-state index contributed by atoms with van der Waals surface area (Å²) in [5.74, 6) is -0.153. The smallest absolute Gasteiger partial charge is 0.295 e. The van der Waals surface area contributed by atoms with Gasteiger partial charge in [0.15, 0.2) is 11.5 Å². The van der Waals surface area contributed by atoms with Crippen molar-refractivity contribution >= 4 is 17.4 Å². The number of carbonyl (C=O) groups excluding carboxylic acids is 2. The minimum atomic E-state index is -0.740. The highest BCUT2D eigenvalue weighted by Crippen LogP contribution is 2.40. The number of carbonyl (C=O) groups is 2. The van der Waals surface area contributed by atoms with Gasteiger partial charge in [-0.1, -0.05) is 12.1 Å². The lowest BCUT2D eigenvalue weighted by atomic mass is 9.95. The molecular formula is C21H21NO6. The van der Waals surface area contributed by atoms with Crippen LogP contribution in [0.15, 0.2) is 48.0 Å². The molecule has 0 saturated carbocycles. The van der Waals surface area contributed by atoms with Gasteiger partial charge in [0.25, 0.3) is 11.7 Å². The van der Waals surface area contributed by atoms with E-state index in [9.17, 15) is 14.7 Å². The average molecular weight is 383 g/mol. The number of ether oxygens (including phenoxy) is 3. The van der Waals surface area contributed by atoms with Crippen LogP contribution >= 0.6 is 0 Å². The van der Waals surface area contributed by atoms with E-state index in [0.29, 0.717) is 28.4 Å². The number of aliphatic hydroxyl groups excluding tert-OH is 1. The number of aliphatic hydroxyl groups is 1. The third-order valence-corrected chi connectivity index (χ3v) is 4.76. The molecule has 1 fully saturated rings. The van der Waals surface area contributed by atoms with E-state index in [1.807, 2.05) is 0 Å². The van der Waals surface area contributed by atoms with Crippen molar-refractivity contribution < 1.29 is 28.9 Å². The fourth-order valence-electron chi connectivity index (χ4n) is 3.26. The van der Waals surface area contributed by atoms with Gasteiger partial charge in [0.05, 0.1) is 32.9 Å². The normalized spacial score (nSPS) is 18.3. The summed E-state index contributed by atoms with van der Waals surface area (Å²) in [5, 5.41) is 10.9. The molecule has 0 aliphatic carbocycles. The van der Waals surface area contributed by atoms with Crippen LogP contribution in [0.5, 0.6) is 17.2 Å². The van der Waals surface area contributed by atoms with Crippen LogP contribution in [0.25, 0.3) is 5.76 Å². The summed E-state index contributed by atoms with van der Waals surface area (Å²) in [6, 6.07) is 11.1. The number of likely N-dealkylation sites (N-methyl/N-ethyl adjacent to an activating group) is 1. The van der Waals surface area contributed by atoms with Gasteiger partial charge in [-0.05, 0) is 35.9 Å². The quantitative estimate of drug-likeness (QED) is 0.485. The predicted molar refractivity (Wildman–Crippen MR) is 103 cm³/mol. The lowest BCUT2D eigenvalue weighted by Crippen LogP contribution is -2.24. The van der Waals surface area contributed by atoms with Gasteiger partial charge in [0, 0.05) is 12.6 Å². The fourth-order valence-corrected chi connectivity index (χ4v) is 3.26. The number of hydrogen-bond donors (Lipinski definition) is 1. The van der Waals surface area contributed by atoms with Crippen LogP contribution in [-0.4, -0.2) is 50.1 Å². The number of amides is 1. The summed E-state index contributed by atoms with van der Waals surface area (Å²) in [4.78, 5) is 26.3. The van der Waals surface area contributed by atoms with E-state index < -0.39 is 17.7 Å². The highest BCUT2D eigenvalue weighted by atomic mass is 16.5. The largest absolute Gasteiger partial charge is 0.507 e. The maximum atomic E-state index is 12.6. The Labute approximate surface area is 162 Å². The van der Waals surface area contributed by atoms with Crippen LogP contribution in [0.2, 0.25) is 0 Å². The topological polar surface area (TPSA) is 85.3 Å². The maximum absolute atomic E-state index is 12.6. The van der Waals surface area contributed by atoms with Crippen molar-refractivity contribution in [3.05, 3.63) is 59.2 Å². The van der Waals surface area contributed by atoms with Crippen molar-refractivity contribution in [1.82, 2.24) is 4.90 Å². The number of rotatable bonds is 5. The first-order valence-electron chi connectivity index (χ1n) is 8.53. The number of nitrogens with zero attached hydrogens (tertiary/aromatic N) is 1. The van der Waals surface area contributed by atoms with Gasteiger partial charge in [-0.3, -0.25) is 9.59 Å². The average Bonchev–Trinajstić information content (AvgIpc) is 2.96. The number of ketones is 1. The molecule has 7 nitrogen and oxygen atoms in total. The van der Waals surface area contributed by atoms with Crippen molar-refractivity contribution in [3.63, 3.8) is 0 Å². The van der Waals surface area contributed by atoms with Crippen LogP contribution in [-0.2, 0) is 9.59 Å². The third kappa shape index (κ3) is 3.15. The van der Waals surface area contributed by atoms with Gasteiger partial charge >= 0.3 is 0 Å². The number of methoxy groups -OCH3 is 3. The van der Waals surface area contributed by atoms with Gasteiger partial charge in [0.1, 0.15) is 11.5 Å². The van der Waals surface area contributed by atoms with E-state index in [-0.39, 0.29) is 11.3 Å². The van der Waals surface area contributed by atoms with Gasteiger partial charge in [-0.15, -0.1) is 0 Å². The summed E-state index contributed by atoms with van der Waals surface area (Å²) in [6.45, 7) is 0. The molecule has 1 saturated heterocycles. The van der Waals surface area contributed by atoms with Crippen molar-refractivity contribution in [1.29, 1.82) is 0 Å². The van der Waals surface area contributed by atoms with Crippen molar-refractivity contribution in [2.45, 2.75) is 6.04 Å². The molecule has 0 bridgehead atoms. The van der Waals surface area contributed by atoms with E-state index in [0.717, 1.165) is 0 Å². The predicted octanol–water partition coefficient (Wildman–Crippen LogP) is 2.76. The Bertz CT molecular complexity index is 948. The summed E-state index contributed by atoms with van der Waals surface area (Å²) in [6.07, 6.45) is 0. The minimum absolute atomic E-state index is 0.0184. The molecule has 28 heavy (non-hydrogen) atoms.